The number of guanidine groups is 1. The van der Waals surface area contributed by atoms with Crippen LogP contribution in [0, 0.1) is 0 Å². The van der Waals surface area contributed by atoms with Crippen LogP contribution in [-0.4, -0.2) is 99.8 Å². The number of carbonyl (C=O) groups is 5. The third-order valence-corrected chi connectivity index (χ3v) is 5.52. The van der Waals surface area contributed by atoms with E-state index in [0.29, 0.717) is 12.2 Å². The summed E-state index contributed by atoms with van der Waals surface area (Å²) < 4.78 is 0. The van der Waals surface area contributed by atoms with Gasteiger partial charge in [0.1, 0.15) is 18.1 Å². The lowest BCUT2D eigenvalue weighted by Gasteiger charge is -2.26. The maximum absolute atomic E-state index is 12.8. The molecule has 5 unspecified atom stereocenters. The monoisotopic (exact) mass is 535 g/mol. The molecule has 15 nitrogen and oxygen atoms in total. The Morgan fingerprint density at radius 2 is 1.53 bits per heavy atom. The lowest BCUT2D eigenvalue weighted by molar-refractivity contribution is -0.143. The third-order valence-electron chi connectivity index (χ3n) is 4.87. The van der Waals surface area contributed by atoms with Crippen LogP contribution < -0.4 is 33.2 Å². The molecule has 36 heavy (non-hydrogen) atoms. The molecule has 0 heterocycles. The van der Waals surface area contributed by atoms with Crippen LogP contribution in [0.1, 0.15) is 39.0 Å². The van der Waals surface area contributed by atoms with Crippen molar-refractivity contribution in [3.8, 4) is 0 Å². The zero-order chi connectivity index (χ0) is 27.8. The lowest BCUT2D eigenvalue weighted by Crippen LogP contribution is -2.59. The molecule has 0 saturated carbocycles. The van der Waals surface area contributed by atoms with Gasteiger partial charge in [-0.15, -0.1) is 0 Å². The molecule has 0 aromatic heterocycles. The molecule has 0 bridgehead atoms. The van der Waals surface area contributed by atoms with Gasteiger partial charge in [0.05, 0.1) is 12.1 Å². The molecule has 12 N–H and O–H groups in total. The highest BCUT2D eigenvalue weighted by atomic mass is 32.2. The van der Waals surface area contributed by atoms with Crippen LogP contribution in [0.25, 0.3) is 0 Å². The van der Waals surface area contributed by atoms with E-state index in [1.807, 2.05) is 0 Å². The maximum Gasteiger partial charge on any atom is 0.326 e. The minimum absolute atomic E-state index is 0.106. The summed E-state index contributed by atoms with van der Waals surface area (Å²) in [6, 6.07) is -5.25. The molecule has 0 rings (SSSR count). The first-order valence-corrected chi connectivity index (χ1v) is 12.5. The van der Waals surface area contributed by atoms with Crippen LogP contribution in [0.15, 0.2) is 4.99 Å². The van der Waals surface area contributed by atoms with E-state index in [0.717, 1.165) is 0 Å². The zero-order valence-electron chi connectivity index (χ0n) is 20.3. The van der Waals surface area contributed by atoms with Gasteiger partial charge in [0, 0.05) is 13.0 Å². The number of carboxylic acids is 2. The number of aliphatic imine (C=N–C) groups is 1. The zero-order valence-corrected chi connectivity index (χ0v) is 21.1. The Hall–Kier alpha value is -3.11. The Morgan fingerprint density at radius 3 is 2.03 bits per heavy atom. The highest BCUT2D eigenvalue weighted by Gasteiger charge is 2.32. The molecule has 0 spiro atoms. The SMILES string of the molecule is CSCCC(NC(=O)C(CCC(=O)O)NC(=O)C(NC(=O)C(N)CCCN=C(N)N)C(C)O)C(=O)O. The highest BCUT2D eigenvalue weighted by Crippen LogP contribution is 2.06. The van der Waals surface area contributed by atoms with Crippen molar-refractivity contribution >= 4 is 47.4 Å². The van der Waals surface area contributed by atoms with Gasteiger partial charge in [-0.2, -0.15) is 11.8 Å². The molecule has 0 fully saturated rings. The van der Waals surface area contributed by atoms with Crippen LogP contribution in [0.2, 0.25) is 0 Å². The van der Waals surface area contributed by atoms with E-state index in [2.05, 4.69) is 20.9 Å². The third kappa shape index (κ3) is 13.7. The molecule has 0 radical (unpaired) electrons. The summed E-state index contributed by atoms with van der Waals surface area (Å²) in [5.74, 6) is -4.85. The van der Waals surface area contributed by atoms with Gasteiger partial charge >= 0.3 is 11.9 Å². The van der Waals surface area contributed by atoms with Crippen molar-refractivity contribution < 1.29 is 39.3 Å². The molecule has 0 aliphatic carbocycles. The number of nitrogens with two attached hydrogens (primary N) is 3. The van der Waals surface area contributed by atoms with Gasteiger partial charge in [0.15, 0.2) is 5.96 Å². The van der Waals surface area contributed by atoms with E-state index < -0.39 is 66.4 Å². The maximum atomic E-state index is 12.8. The van der Waals surface area contributed by atoms with Crippen LogP contribution in [0.4, 0.5) is 0 Å². The number of carboxylic acid groups (broad SMARTS) is 2. The van der Waals surface area contributed by atoms with Crippen LogP contribution in [-0.2, 0) is 24.0 Å². The normalized spacial score (nSPS) is 14.9. The van der Waals surface area contributed by atoms with Crippen LogP contribution in [0.5, 0.6) is 0 Å². The average Bonchev–Trinajstić information content (AvgIpc) is 2.78. The highest BCUT2D eigenvalue weighted by molar-refractivity contribution is 7.98. The summed E-state index contributed by atoms with van der Waals surface area (Å²) in [5.41, 5.74) is 16.2. The summed E-state index contributed by atoms with van der Waals surface area (Å²) >= 11 is 1.37. The molecule has 0 aromatic rings. The molecule has 3 amide bonds. The van der Waals surface area contributed by atoms with Gasteiger partial charge < -0.3 is 48.5 Å². The second-order valence-electron chi connectivity index (χ2n) is 7.96. The first-order valence-electron chi connectivity index (χ1n) is 11.1. The van der Waals surface area contributed by atoms with Crippen molar-refractivity contribution in [1.82, 2.24) is 16.0 Å². The minimum atomic E-state index is -1.52. The van der Waals surface area contributed by atoms with Gasteiger partial charge in [-0.1, -0.05) is 0 Å². The van der Waals surface area contributed by atoms with Crippen molar-refractivity contribution in [2.45, 2.75) is 69.3 Å². The molecule has 16 heteroatoms. The average molecular weight is 536 g/mol. The number of aliphatic carboxylic acids is 2. The van der Waals surface area contributed by atoms with E-state index >= 15 is 0 Å². The Balaban J connectivity index is 5.36. The topological polar surface area (TPSA) is 273 Å². The molecule has 0 aliphatic rings. The van der Waals surface area contributed by atoms with Gasteiger partial charge in [-0.25, -0.2) is 4.79 Å². The van der Waals surface area contributed by atoms with Gasteiger partial charge in [0.25, 0.3) is 0 Å². The number of rotatable bonds is 18. The van der Waals surface area contributed by atoms with Crippen molar-refractivity contribution in [2.75, 3.05) is 18.6 Å². The summed E-state index contributed by atoms with van der Waals surface area (Å²) in [4.78, 5) is 64.1. The predicted octanol–water partition coefficient (Wildman–Crippen LogP) is -3.09. The predicted molar refractivity (Wildman–Crippen MR) is 133 cm³/mol. The first-order chi connectivity index (χ1) is 16.8. The Kier molecular flexibility index (Phi) is 15.8. The second kappa shape index (κ2) is 17.3. The molecular formula is C20H37N7O8S. The number of amides is 3. The van der Waals surface area contributed by atoms with Crippen molar-refractivity contribution in [2.24, 2.45) is 22.2 Å². The Morgan fingerprint density at radius 1 is 0.917 bits per heavy atom. The van der Waals surface area contributed by atoms with Crippen molar-refractivity contribution in [1.29, 1.82) is 0 Å². The fourth-order valence-electron chi connectivity index (χ4n) is 2.88. The van der Waals surface area contributed by atoms with Gasteiger partial charge in [-0.3, -0.25) is 24.2 Å². The van der Waals surface area contributed by atoms with Crippen LogP contribution >= 0.6 is 11.8 Å². The second-order valence-corrected chi connectivity index (χ2v) is 8.94. The summed E-state index contributed by atoms with van der Waals surface area (Å²) in [6.45, 7) is 1.46. The lowest BCUT2D eigenvalue weighted by atomic mass is 10.1. The number of nitrogens with zero attached hydrogens (tertiary/aromatic N) is 1. The molecule has 5 atom stereocenters. The Labute approximate surface area is 213 Å². The summed E-state index contributed by atoms with van der Waals surface area (Å²) in [7, 11) is 0. The van der Waals surface area contributed by atoms with Crippen LogP contribution in [0.3, 0.4) is 0 Å². The number of hydrogen-bond acceptors (Lipinski definition) is 9. The quantitative estimate of drug-likeness (QED) is 0.0479. The molecule has 206 valence electrons. The fraction of sp³-hybridized carbons (Fsp3) is 0.700. The molecular weight excluding hydrogens is 498 g/mol. The molecule has 0 aromatic carbocycles. The van der Waals surface area contributed by atoms with E-state index in [-0.39, 0.29) is 31.8 Å². The summed E-state index contributed by atoms with van der Waals surface area (Å²) in [5, 5.41) is 35.2. The number of thioether (sulfide) groups is 1. The van der Waals surface area contributed by atoms with E-state index in [1.54, 1.807) is 6.26 Å². The fourth-order valence-corrected chi connectivity index (χ4v) is 3.35. The number of carbonyl (C=O) groups excluding carboxylic acids is 3. The van der Waals surface area contributed by atoms with Crippen molar-refractivity contribution in [3.63, 3.8) is 0 Å². The largest absolute Gasteiger partial charge is 0.481 e. The molecule has 0 aliphatic heterocycles. The van der Waals surface area contributed by atoms with Crippen molar-refractivity contribution in [3.05, 3.63) is 0 Å². The summed E-state index contributed by atoms with van der Waals surface area (Å²) in [6.07, 6.45) is 0.148. The Bertz CT molecular complexity index is 792. The van der Waals surface area contributed by atoms with E-state index in [1.165, 1.54) is 18.7 Å². The van der Waals surface area contributed by atoms with Gasteiger partial charge in [0.2, 0.25) is 17.7 Å². The standard InChI is InChI=1S/C20H37N7O8S/c1-10(28)15(27-16(31)11(21)4-3-8-24-20(22)23)18(33)25-12(5-6-14(29)30)17(32)26-13(19(34)35)7-9-36-2/h10-13,15,28H,3-9,21H2,1-2H3,(H,25,33)(H,26,32)(H,27,31)(H,29,30)(H,34,35)(H4,22,23,24). The van der Waals surface area contributed by atoms with Gasteiger partial charge in [-0.05, 0) is 44.6 Å². The molecule has 0 saturated heterocycles. The first kappa shape index (κ1) is 32.9. The number of aliphatic hydroxyl groups is 1. The smallest absolute Gasteiger partial charge is 0.326 e. The number of aliphatic hydroxyl groups excluding tert-OH is 1. The minimum Gasteiger partial charge on any atom is -0.481 e. The number of hydrogen-bond donors (Lipinski definition) is 9. The van der Waals surface area contributed by atoms with E-state index in [4.69, 9.17) is 22.3 Å². The van der Waals surface area contributed by atoms with E-state index in [9.17, 15) is 34.2 Å². The number of nitrogens with one attached hydrogen (secondary N) is 3.